The third kappa shape index (κ3) is 4.48. The van der Waals surface area contributed by atoms with Crippen LogP contribution in [0, 0.1) is 0 Å². The van der Waals surface area contributed by atoms with Gasteiger partial charge in [-0.25, -0.2) is 0 Å². The summed E-state index contributed by atoms with van der Waals surface area (Å²) in [4.78, 5) is 2.42. The number of unbranched alkanes of at least 4 members (excludes halogenated alkanes) is 1. The molecule has 0 fully saturated rings. The summed E-state index contributed by atoms with van der Waals surface area (Å²) in [5, 5.41) is 0. The molecule has 1 unspecified atom stereocenters. The summed E-state index contributed by atoms with van der Waals surface area (Å²) in [5.41, 5.74) is 7.18. The molecule has 1 aromatic carbocycles. The van der Waals surface area contributed by atoms with Crippen LogP contribution in [0.3, 0.4) is 0 Å². The van der Waals surface area contributed by atoms with Gasteiger partial charge in [-0.1, -0.05) is 36.2 Å². The molecule has 0 heterocycles. The second kappa shape index (κ2) is 8.56. The summed E-state index contributed by atoms with van der Waals surface area (Å²) in [6.07, 6.45) is 2.39. The molecule has 0 spiro atoms. The van der Waals surface area contributed by atoms with Crippen LogP contribution < -0.4 is 10.5 Å². The Morgan fingerprint density at radius 1 is 1.37 bits per heavy atom. The van der Waals surface area contributed by atoms with Gasteiger partial charge in [0.15, 0.2) is 0 Å². The summed E-state index contributed by atoms with van der Waals surface area (Å²) >= 11 is 3.53. The van der Waals surface area contributed by atoms with Crippen molar-refractivity contribution in [3.8, 4) is 5.75 Å². The van der Waals surface area contributed by atoms with Crippen molar-refractivity contribution in [1.82, 2.24) is 4.90 Å². The molecule has 108 valence electrons. The van der Waals surface area contributed by atoms with E-state index in [4.69, 9.17) is 10.5 Å². The molecule has 1 aromatic rings. The number of methoxy groups -OCH3 is 1. The number of benzene rings is 1. The normalized spacial score (nSPS) is 12.7. The molecule has 2 N–H and O–H groups in total. The molecule has 0 amide bonds. The highest BCUT2D eigenvalue weighted by Gasteiger charge is 2.21. The Balaban J connectivity index is 3.02. The van der Waals surface area contributed by atoms with Gasteiger partial charge in [0.2, 0.25) is 0 Å². The molecule has 0 bridgehead atoms. The number of halogens is 1. The van der Waals surface area contributed by atoms with Crippen LogP contribution in [0.2, 0.25) is 0 Å². The van der Waals surface area contributed by atoms with E-state index in [9.17, 15) is 0 Å². The summed E-state index contributed by atoms with van der Waals surface area (Å²) < 4.78 is 6.54. The lowest BCUT2D eigenvalue weighted by molar-refractivity contribution is 0.205. The highest BCUT2D eigenvalue weighted by molar-refractivity contribution is 9.10. The second-order valence-electron chi connectivity index (χ2n) is 4.62. The van der Waals surface area contributed by atoms with Crippen molar-refractivity contribution in [3.05, 3.63) is 28.2 Å². The van der Waals surface area contributed by atoms with E-state index in [1.54, 1.807) is 7.11 Å². The maximum atomic E-state index is 6.01. The van der Waals surface area contributed by atoms with Crippen molar-refractivity contribution in [2.75, 3.05) is 26.7 Å². The minimum Gasteiger partial charge on any atom is -0.496 e. The van der Waals surface area contributed by atoms with Crippen LogP contribution in [0.4, 0.5) is 0 Å². The molecule has 4 heteroatoms. The number of ether oxygens (including phenoxy) is 1. The molecule has 0 aliphatic carbocycles. The Kier molecular flexibility index (Phi) is 7.42. The van der Waals surface area contributed by atoms with Crippen molar-refractivity contribution in [2.45, 2.75) is 32.7 Å². The van der Waals surface area contributed by atoms with Gasteiger partial charge in [0, 0.05) is 16.6 Å². The van der Waals surface area contributed by atoms with Gasteiger partial charge < -0.3 is 10.5 Å². The molecule has 0 aromatic heterocycles. The minimum atomic E-state index is 0.212. The summed E-state index contributed by atoms with van der Waals surface area (Å²) in [5.74, 6) is 0.911. The second-order valence-corrected chi connectivity index (χ2v) is 5.54. The number of nitrogens with two attached hydrogens (primary N) is 1. The maximum Gasteiger partial charge on any atom is 0.123 e. The van der Waals surface area contributed by atoms with Gasteiger partial charge in [-0.3, -0.25) is 4.90 Å². The Hall–Kier alpha value is -0.580. The van der Waals surface area contributed by atoms with Crippen molar-refractivity contribution >= 4 is 15.9 Å². The number of hydrogen-bond acceptors (Lipinski definition) is 3. The Morgan fingerprint density at radius 2 is 2.11 bits per heavy atom. The molecule has 0 radical (unpaired) electrons. The lowest BCUT2D eigenvalue weighted by Gasteiger charge is -2.31. The van der Waals surface area contributed by atoms with Crippen LogP contribution in [0.25, 0.3) is 0 Å². The summed E-state index contributed by atoms with van der Waals surface area (Å²) in [7, 11) is 1.71. The van der Waals surface area contributed by atoms with Gasteiger partial charge in [0.05, 0.1) is 13.2 Å². The highest BCUT2D eigenvalue weighted by atomic mass is 79.9. The first kappa shape index (κ1) is 16.5. The molecule has 0 saturated carbocycles. The van der Waals surface area contributed by atoms with Crippen LogP contribution in [-0.4, -0.2) is 31.6 Å². The van der Waals surface area contributed by atoms with Gasteiger partial charge in [-0.15, -0.1) is 0 Å². The minimum absolute atomic E-state index is 0.212. The zero-order valence-corrected chi connectivity index (χ0v) is 13.7. The van der Waals surface area contributed by atoms with Crippen LogP contribution in [0.5, 0.6) is 5.75 Å². The zero-order valence-electron chi connectivity index (χ0n) is 12.2. The van der Waals surface area contributed by atoms with Gasteiger partial charge in [-0.05, 0) is 37.7 Å². The smallest absolute Gasteiger partial charge is 0.123 e. The van der Waals surface area contributed by atoms with Crippen molar-refractivity contribution in [1.29, 1.82) is 0 Å². The van der Waals surface area contributed by atoms with E-state index < -0.39 is 0 Å². The first-order valence-corrected chi connectivity index (χ1v) is 7.74. The average molecular weight is 329 g/mol. The molecular formula is C15H25BrN2O. The van der Waals surface area contributed by atoms with Gasteiger partial charge >= 0.3 is 0 Å². The topological polar surface area (TPSA) is 38.5 Å². The van der Waals surface area contributed by atoms with Crippen LogP contribution >= 0.6 is 15.9 Å². The maximum absolute atomic E-state index is 6.01. The fourth-order valence-corrected chi connectivity index (χ4v) is 2.71. The first-order chi connectivity index (χ1) is 9.17. The number of rotatable bonds is 8. The molecule has 0 aliphatic rings. The van der Waals surface area contributed by atoms with Gasteiger partial charge in [-0.2, -0.15) is 0 Å². The predicted molar refractivity (Wildman–Crippen MR) is 84.6 cm³/mol. The molecule has 1 atom stereocenters. The predicted octanol–water partition coefficient (Wildman–Crippen LogP) is 3.58. The summed E-state index contributed by atoms with van der Waals surface area (Å²) in [6.45, 7) is 7.07. The van der Waals surface area contributed by atoms with E-state index >= 15 is 0 Å². The van der Waals surface area contributed by atoms with Gasteiger partial charge in [0.25, 0.3) is 0 Å². The van der Waals surface area contributed by atoms with Crippen molar-refractivity contribution in [2.24, 2.45) is 5.73 Å². The third-order valence-electron chi connectivity index (χ3n) is 3.42. The lowest BCUT2D eigenvalue weighted by atomic mass is 10.0. The van der Waals surface area contributed by atoms with Crippen molar-refractivity contribution in [3.63, 3.8) is 0 Å². The van der Waals surface area contributed by atoms with E-state index in [2.05, 4.69) is 40.7 Å². The van der Waals surface area contributed by atoms with E-state index in [1.807, 2.05) is 12.1 Å². The largest absolute Gasteiger partial charge is 0.496 e. The number of nitrogens with zero attached hydrogens (tertiary/aromatic N) is 1. The molecule has 3 nitrogen and oxygen atoms in total. The summed E-state index contributed by atoms with van der Waals surface area (Å²) in [6, 6.07) is 6.32. The number of likely N-dealkylation sites (N-methyl/N-ethyl adjacent to an activating group) is 1. The van der Waals surface area contributed by atoms with E-state index in [-0.39, 0.29) is 6.04 Å². The van der Waals surface area contributed by atoms with E-state index in [0.29, 0.717) is 6.54 Å². The standard InChI is InChI=1S/C15H25BrN2O/c1-4-6-9-18(5-2)14(11-17)13-10-12(16)7-8-15(13)19-3/h7-8,10,14H,4-6,9,11,17H2,1-3H3. The zero-order chi connectivity index (χ0) is 14.3. The third-order valence-corrected chi connectivity index (χ3v) is 3.91. The van der Waals surface area contributed by atoms with E-state index in [0.717, 1.165) is 28.9 Å². The van der Waals surface area contributed by atoms with Crippen LogP contribution in [0.1, 0.15) is 38.3 Å². The molecule has 19 heavy (non-hydrogen) atoms. The Bertz CT molecular complexity index is 384. The van der Waals surface area contributed by atoms with Crippen molar-refractivity contribution < 1.29 is 4.74 Å². The fraction of sp³-hybridized carbons (Fsp3) is 0.600. The SMILES string of the molecule is CCCCN(CC)C(CN)c1cc(Br)ccc1OC. The average Bonchev–Trinajstić information content (AvgIpc) is 2.43. The van der Waals surface area contributed by atoms with Crippen LogP contribution in [-0.2, 0) is 0 Å². The molecular weight excluding hydrogens is 304 g/mol. The fourth-order valence-electron chi connectivity index (χ4n) is 2.33. The molecule has 1 rings (SSSR count). The first-order valence-electron chi connectivity index (χ1n) is 6.95. The van der Waals surface area contributed by atoms with E-state index in [1.165, 1.54) is 12.8 Å². The Labute approximate surface area is 125 Å². The molecule has 0 aliphatic heterocycles. The Morgan fingerprint density at radius 3 is 2.63 bits per heavy atom. The highest BCUT2D eigenvalue weighted by Crippen LogP contribution is 2.31. The monoisotopic (exact) mass is 328 g/mol. The van der Waals surface area contributed by atoms with Crippen LogP contribution in [0.15, 0.2) is 22.7 Å². The number of hydrogen-bond donors (Lipinski definition) is 1. The molecule has 0 saturated heterocycles. The van der Waals surface area contributed by atoms with Gasteiger partial charge in [0.1, 0.15) is 5.75 Å². The lowest BCUT2D eigenvalue weighted by Crippen LogP contribution is -2.34. The quantitative estimate of drug-likeness (QED) is 0.792.